The summed E-state index contributed by atoms with van der Waals surface area (Å²) in [5, 5.41) is 0. The van der Waals surface area contributed by atoms with E-state index in [1.165, 1.54) is 103 Å². The zero-order chi connectivity index (χ0) is 43.9. The predicted octanol–water partition coefficient (Wildman–Crippen LogP) is 15.7. The van der Waals surface area contributed by atoms with Crippen molar-refractivity contribution in [2.45, 2.75) is 202 Å². The fourth-order valence-electron chi connectivity index (χ4n) is 6.48. The van der Waals surface area contributed by atoms with Gasteiger partial charge in [-0.05, 0) is 68.4 Å². The van der Waals surface area contributed by atoms with Crippen LogP contribution in [0.2, 0.25) is 0 Å². The number of hydrogen-bond donors (Lipinski definition) is 0. The molecule has 8 nitrogen and oxygen atoms in total. The Balaban J connectivity index is 0.000000601. The van der Waals surface area contributed by atoms with Gasteiger partial charge in [0, 0.05) is 5.88 Å². The van der Waals surface area contributed by atoms with Crippen LogP contribution in [0.1, 0.15) is 212 Å². The molecule has 0 atom stereocenters. The van der Waals surface area contributed by atoms with Crippen molar-refractivity contribution in [3.05, 3.63) is 35.4 Å². The van der Waals surface area contributed by atoms with Gasteiger partial charge in [0.2, 0.25) is 11.5 Å². The van der Waals surface area contributed by atoms with Crippen LogP contribution >= 0.6 is 11.6 Å². The van der Waals surface area contributed by atoms with Crippen LogP contribution in [0.25, 0.3) is 0 Å². The number of hydrogen-bond acceptors (Lipinski definition) is 8. The zero-order valence-corrected chi connectivity index (χ0v) is 40.1. The summed E-state index contributed by atoms with van der Waals surface area (Å²) in [5.74, 6) is 4.08. The summed E-state index contributed by atoms with van der Waals surface area (Å²) < 4.78 is 41.6. The van der Waals surface area contributed by atoms with Crippen LogP contribution in [0.3, 0.4) is 0 Å². The molecule has 60 heavy (non-hydrogen) atoms. The van der Waals surface area contributed by atoms with Crippen molar-refractivity contribution in [1.29, 1.82) is 0 Å². The molecule has 346 valence electrons. The van der Waals surface area contributed by atoms with Gasteiger partial charge < -0.3 is 33.2 Å². The van der Waals surface area contributed by atoms with Crippen LogP contribution in [0.5, 0.6) is 34.5 Å². The monoisotopic (exact) mass is 863 g/mol. The number of benzene rings is 2. The maximum atomic E-state index is 12.2. The molecule has 0 fully saturated rings. The van der Waals surface area contributed by atoms with Crippen LogP contribution < -0.4 is 28.4 Å². The highest BCUT2D eigenvalue weighted by atomic mass is 35.5. The molecule has 0 saturated carbocycles. The van der Waals surface area contributed by atoms with E-state index in [4.69, 9.17) is 44.8 Å². The number of carbonyl (C=O) groups excluding carboxylic acids is 1. The summed E-state index contributed by atoms with van der Waals surface area (Å²) in [6.45, 7) is 17.1. The molecule has 2 rings (SSSR count). The zero-order valence-electron chi connectivity index (χ0n) is 39.4. The van der Waals surface area contributed by atoms with Crippen molar-refractivity contribution >= 4 is 17.6 Å². The van der Waals surface area contributed by atoms with Gasteiger partial charge in [0.15, 0.2) is 23.0 Å². The number of unbranched alkanes of at least 4 members (excludes halogenated alkanes) is 18. The summed E-state index contributed by atoms with van der Waals surface area (Å²) in [5.41, 5.74) is 1.44. The maximum Gasteiger partial charge on any atom is 0.338 e. The first-order valence-corrected chi connectivity index (χ1v) is 24.7. The summed E-state index contributed by atoms with van der Waals surface area (Å²) in [4.78, 5) is 12.2. The number of alkyl halides is 1. The fraction of sp³-hybridized carbons (Fsp3) is 0.745. The first-order chi connectivity index (χ1) is 29.4. The lowest BCUT2D eigenvalue weighted by molar-refractivity contribution is 0.0599. The summed E-state index contributed by atoms with van der Waals surface area (Å²) in [7, 11) is 1.39. The molecule has 0 aromatic heterocycles. The molecule has 0 aliphatic heterocycles. The number of carbonyl (C=O) groups is 1. The highest BCUT2D eigenvalue weighted by Crippen LogP contribution is 2.41. The van der Waals surface area contributed by atoms with Gasteiger partial charge in [-0.1, -0.05) is 157 Å². The molecule has 2 aromatic rings. The van der Waals surface area contributed by atoms with E-state index in [9.17, 15) is 4.79 Å². The van der Waals surface area contributed by atoms with E-state index >= 15 is 0 Å². The summed E-state index contributed by atoms with van der Waals surface area (Å²) in [6.07, 6.45) is 27.6. The van der Waals surface area contributed by atoms with Crippen molar-refractivity contribution in [3.63, 3.8) is 0 Å². The number of esters is 1. The molecule has 0 heterocycles. The number of methoxy groups -OCH3 is 1. The minimum atomic E-state index is -0.402. The third-order valence-corrected chi connectivity index (χ3v) is 10.5. The largest absolute Gasteiger partial charge is 0.490 e. The van der Waals surface area contributed by atoms with Crippen molar-refractivity contribution in [2.24, 2.45) is 0 Å². The fourth-order valence-corrected chi connectivity index (χ4v) is 6.64. The molecule has 0 bridgehead atoms. The van der Waals surface area contributed by atoms with E-state index in [1.54, 1.807) is 12.1 Å². The molecular formula is C51H87ClO8. The number of ether oxygens (including phenoxy) is 7. The summed E-state index contributed by atoms with van der Waals surface area (Å²) >= 11 is 6.14. The van der Waals surface area contributed by atoms with Gasteiger partial charge >= 0.3 is 5.97 Å². The van der Waals surface area contributed by atoms with Crippen molar-refractivity contribution in [2.75, 3.05) is 46.8 Å². The number of halogens is 1. The second kappa shape index (κ2) is 38.9. The van der Waals surface area contributed by atoms with E-state index in [1.807, 2.05) is 12.1 Å². The van der Waals surface area contributed by atoms with Crippen molar-refractivity contribution in [1.82, 2.24) is 0 Å². The van der Waals surface area contributed by atoms with Gasteiger partial charge in [0.1, 0.15) is 0 Å². The first kappa shape index (κ1) is 55.0. The number of rotatable bonds is 38. The Morgan fingerprint density at radius 1 is 0.400 bits per heavy atom. The lowest BCUT2D eigenvalue weighted by Crippen LogP contribution is -2.09. The lowest BCUT2D eigenvalue weighted by Gasteiger charge is -2.18. The molecule has 9 heteroatoms. The molecule has 0 radical (unpaired) electrons. The predicted molar refractivity (Wildman–Crippen MR) is 252 cm³/mol. The highest BCUT2D eigenvalue weighted by Gasteiger charge is 2.20. The maximum absolute atomic E-state index is 12.2. The van der Waals surface area contributed by atoms with E-state index in [-0.39, 0.29) is 0 Å². The Morgan fingerprint density at radius 3 is 0.917 bits per heavy atom. The van der Waals surface area contributed by atoms with Crippen LogP contribution in [0.4, 0.5) is 0 Å². The average Bonchev–Trinajstić information content (AvgIpc) is 3.26. The second-order valence-corrected chi connectivity index (χ2v) is 16.1. The Labute approximate surface area is 372 Å². The van der Waals surface area contributed by atoms with Crippen LogP contribution in [-0.4, -0.2) is 52.7 Å². The van der Waals surface area contributed by atoms with Gasteiger partial charge in [-0.15, -0.1) is 11.6 Å². The van der Waals surface area contributed by atoms with Crippen molar-refractivity contribution in [3.8, 4) is 34.5 Å². The first-order valence-electron chi connectivity index (χ1n) is 24.2. The highest BCUT2D eigenvalue weighted by molar-refractivity contribution is 6.17. The molecular weight excluding hydrogens is 776 g/mol. The molecule has 0 unspecified atom stereocenters. The van der Waals surface area contributed by atoms with Crippen LogP contribution in [0, 0.1) is 0 Å². The Bertz CT molecular complexity index is 1250. The molecule has 0 saturated heterocycles. The van der Waals surface area contributed by atoms with Gasteiger partial charge in [0.25, 0.3) is 0 Å². The van der Waals surface area contributed by atoms with Gasteiger partial charge in [0.05, 0.1) is 52.3 Å². The topological polar surface area (TPSA) is 81.7 Å². The Hall–Kier alpha value is -3.00. The van der Waals surface area contributed by atoms with Crippen LogP contribution in [-0.2, 0) is 10.6 Å². The average molecular weight is 864 g/mol. The standard InChI is InChI=1S/C26H44O5.C25H43ClO3/c1-5-8-11-14-17-29-23-20-22(26(27)28-4)21-24(30-18-15-12-9-6-2)25(23)31-19-16-13-10-7-3;1-4-7-10-13-16-27-23-19-22(21-26)20-24(28-17-14-11-8-5-2)25(23)29-18-15-12-9-6-3/h20-21H,5-19H2,1-4H3;19-20H,4-18,21H2,1-3H3. The van der Waals surface area contributed by atoms with E-state index in [0.29, 0.717) is 68.3 Å². The summed E-state index contributed by atoms with van der Waals surface area (Å²) in [6, 6.07) is 7.46. The molecule has 0 aliphatic rings. The van der Waals surface area contributed by atoms with Crippen molar-refractivity contribution < 1.29 is 38.0 Å². The minimum absolute atomic E-state index is 0.402. The molecule has 2 aromatic carbocycles. The second-order valence-electron chi connectivity index (χ2n) is 15.8. The van der Waals surface area contributed by atoms with Gasteiger partial charge in [-0.25, -0.2) is 4.79 Å². The Morgan fingerprint density at radius 2 is 0.667 bits per heavy atom. The third kappa shape index (κ3) is 25.7. The molecule has 0 spiro atoms. The van der Waals surface area contributed by atoms with E-state index in [2.05, 4.69) is 41.5 Å². The minimum Gasteiger partial charge on any atom is -0.490 e. The SMILES string of the molecule is CCCCCCOc1cc(C(=O)OC)cc(OCCCCCC)c1OCCCCCC.CCCCCCOc1cc(CCl)cc(OCCCCCC)c1OCCCCCC. The normalized spacial score (nSPS) is 10.8. The Kier molecular flexibility index (Phi) is 35.7. The molecule has 0 N–H and O–H groups in total. The molecule has 0 aliphatic carbocycles. The molecule has 0 amide bonds. The quantitative estimate of drug-likeness (QED) is 0.0375. The smallest absolute Gasteiger partial charge is 0.338 e. The van der Waals surface area contributed by atoms with E-state index in [0.717, 1.165) is 80.6 Å². The van der Waals surface area contributed by atoms with Gasteiger partial charge in [-0.3, -0.25) is 0 Å². The van der Waals surface area contributed by atoms with Gasteiger partial charge in [-0.2, -0.15) is 0 Å². The third-order valence-electron chi connectivity index (χ3n) is 10.2. The van der Waals surface area contributed by atoms with Crippen LogP contribution in [0.15, 0.2) is 24.3 Å². The van der Waals surface area contributed by atoms with E-state index < -0.39 is 5.97 Å². The lowest BCUT2D eigenvalue weighted by atomic mass is 10.1.